The van der Waals surface area contributed by atoms with Gasteiger partial charge in [0.15, 0.2) is 0 Å². The molecule has 15 heteroatoms. The maximum atomic E-state index is 13.4. The number of nitro benzene ring substituents is 1. The Morgan fingerprint density at radius 2 is 1.69 bits per heavy atom. The van der Waals surface area contributed by atoms with Gasteiger partial charge in [0.1, 0.15) is 10.8 Å². The van der Waals surface area contributed by atoms with Crippen LogP contribution in [-0.2, 0) is 26.0 Å². The molecule has 1 fully saturated rings. The predicted octanol–water partition coefficient (Wildman–Crippen LogP) is 5.09. The van der Waals surface area contributed by atoms with E-state index < -0.39 is 38.4 Å². The number of ketones is 1. The highest BCUT2D eigenvalue weighted by molar-refractivity contribution is 7.93. The molecule has 4 aromatic rings. The molecule has 0 saturated carbocycles. The summed E-state index contributed by atoms with van der Waals surface area (Å²) in [5.74, 6) is -2.45. The lowest BCUT2D eigenvalue weighted by Gasteiger charge is -2.25. The summed E-state index contributed by atoms with van der Waals surface area (Å²) in [4.78, 5) is 38.3. The zero-order valence-electron chi connectivity index (χ0n) is 21.6. The van der Waals surface area contributed by atoms with Gasteiger partial charge in [0.05, 0.1) is 21.4 Å². The van der Waals surface area contributed by atoms with Crippen molar-refractivity contribution in [2.24, 2.45) is 0 Å². The number of carbonyl (C=O) groups is 2. The number of benzene rings is 3. The minimum atomic E-state index is -4.05. The van der Waals surface area contributed by atoms with E-state index in [1.165, 1.54) is 72.8 Å². The van der Waals surface area contributed by atoms with E-state index in [1.807, 2.05) is 6.92 Å². The molecule has 214 valence electrons. The smallest absolute Gasteiger partial charge is 0.300 e. The van der Waals surface area contributed by atoms with E-state index in [0.29, 0.717) is 22.0 Å². The Balaban J connectivity index is 1.57. The first-order valence-corrected chi connectivity index (χ1v) is 14.9. The van der Waals surface area contributed by atoms with Crippen LogP contribution < -0.4 is 9.62 Å². The number of nitrogens with one attached hydrogen (secondary N) is 1. The largest absolute Gasteiger partial charge is 0.507 e. The zero-order chi connectivity index (χ0) is 30.2. The summed E-state index contributed by atoms with van der Waals surface area (Å²) in [6.45, 7) is 1.86. The Morgan fingerprint density at radius 3 is 2.26 bits per heavy atom. The number of rotatable bonds is 8. The topological polar surface area (TPSA) is 173 Å². The average Bonchev–Trinajstić information content (AvgIpc) is 3.54. The van der Waals surface area contributed by atoms with Crippen LogP contribution in [0.4, 0.5) is 16.5 Å². The predicted molar refractivity (Wildman–Crippen MR) is 156 cm³/mol. The number of anilines is 2. The highest BCUT2D eigenvalue weighted by atomic mass is 35.5. The molecule has 1 aliphatic heterocycles. The number of sulfonamides is 1. The van der Waals surface area contributed by atoms with Crippen LogP contribution in [0.5, 0.6) is 0 Å². The second-order valence-corrected chi connectivity index (χ2v) is 12.2. The number of amides is 1. The average molecular weight is 626 g/mol. The van der Waals surface area contributed by atoms with Crippen molar-refractivity contribution in [3.8, 4) is 0 Å². The van der Waals surface area contributed by atoms with Crippen molar-refractivity contribution in [3.05, 3.63) is 110 Å². The van der Waals surface area contributed by atoms with E-state index in [1.54, 1.807) is 0 Å². The van der Waals surface area contributed by atoms with Gasteiger partial charge in [0.25, 0.3) is 27.4 Å². The molecular weight excluding hydrogens is 606 g/mol. The van der Waals surface area contributed by atoms with Gasteiger partial charge in [-0.1, -0.05) is 29.9 Å². The first kappa shape index (κ1) is 28.9. The lowest BCUT2D eigenvalue weighted by molar-refractivity contribution is -0.384. The van der Waals surface area contributed by atoms with Crippen LogP contribution in [0.2, 0.25) is 5.02 Å². The van der Waals surface area contributed by atoms with Crippen molar-refractivity contribution in [1.82, 2.24) is 10.2 Å². The third-order valence-electron chi connectivity index (χ3n) is 6.40. The van der Waals surface area contributed by atoms with Crippen LogP contribution in [-0.4, -0.2) is 40.3 Å². The number of hydrogen-bond acceptors (Lipinski definition) is 10. The zero-order valence-corrected chi connectivity index (χ0v) is 24.0. The van der Waals surface area contributed by atoms with Gasteiger partial charge in [0.2, 0.25) is 5.13 Å². The molecule has 12 nitrogen and oxygen atoms in total. The molecule has 1 unspecified atom stereocenters. The second kappa shape index (κ2) is 11.3. The molecule has 5 rings (SSSR count). The summed E-state index contributed by atoms with van der Waals surface area (Å²) in [5.41, 5.74) is 0.213. The van der Waals surface area contributed by atoms with Crippen molar-refractivity contribution < 1.29 is 28.0 Å². The van der Waals surface area contributed by atoms with Gasteiger partial charge in [0, 0.05) is 28.4 Å². The quantitative estimate of drug-likeness (QED) is 0.0889. The Bertz CT molecular complexity index is 1840. The molecule has 42 heavy (non-hydrogen) atoms. The Hall–Kier alpha value is -4.66. The number of nitro groups is 1. The highest BCUT2D eigenvalue weighted by Crippen LogP contribution is 2.42. The molecule has 1 aliphatic rings. The molecule has 2 heterocycles. The van der Waals surface area contributed by atoms with Crippen molar-refractivity contribution in [3.63, 3.8) is 0 Å². The SMILES string of the molecule is CCc1nnc(NS(=O)(=O)c2ccc(N3C(=O)C(=O)/C(=C(/O)c4ccc(Cl)cc4)C3c3ccc([N+](=O)[O-])cc3)cc2)s1. The lowest BCUT2D eigenvalue weighted by atomic mass is 9.95. The summed E-state index contributed by atoms with van der Waals surface area (Å²) in [5, 5.41) is 31.3. The number of aromatic nitrogens is 2. The molecule has 3 aromatic carbocycles. The monoisotopic (exact) mass is 625 g/mol. The molecular formula is C27H20ClN5O7S2. The number of carbonyl (C=O) groups excluding carboxylic acids is 2. The molecule has 2 N–H and O–H groups in total. The third-order valence-corrected chi connectivity index (χ3v) is 9.12. The number of non-ortho nitro benzene ring substituents is 1. The van der Waals surface area contributed by atoms with Gasteiger partial charge < -0.3 is 5.11 Å². The third kappa shape index (κ3) is 5.46. The van der Waals surface area contributed by atoms with E-state index in [-0.39, 0.29) is 32.5 Å². The number of Topliss-reactive ketones (excluding diaryl/α,β-unsaturated/α-hetero) is 1. The van der Waals surface area contributed by atoms with Crippen LogP contribution in [0, 0.1) is 10.1 Å². The van der Waals surface area contributed by atoms with Crippen molar-refractivity contribution >= 4 is 66.9 Å². The fourth-order valence-corrected chi connectivity index (χ4v) is 6.39. The van der Waals surface area contributed by atoms with E-state index >= 15 is 0 Å². The molecule has 0 radical (unpaired) electrons. The van der Waals surface area contributed by atoms with Crippen molar-refractivity contribution in [2.75, 3.05) is 9.62 Å². The minimum absolute atomic E-state index is 0.0990. The van der Waals surface area contributed by atoms with E-state index in [2.05, 4.69) is 14.9 Å². The molecule has 1 atom stereocenters. The molecule has 1 amide bonds. The summed E-state index contributed by atoms with van der Waals surface area (Å²) >= 11 is 7.06. The van der Waals surface area contributed by atoms with Gasteiger partial charge in [-0.25, -0.2) is 8.42 Å². The summed E-state index contributed by atoms with van der Waals surface area (Å²) in [7, 11) is -4.05. The van der Waals surface area contributed by atoms with Crippen LogP contribution in [0.25, 0.3) is 5.76 Å². The highest BCUT2D eigenvalue weighted by Gasteiger charge is 2.47. The maximum Gasteiger partial charge on any atom is 0.300 e. The van der Waals surface area contributed by atoms with Crippen LogP contribution >= 0.6 is 22.9 Å². The van der Waals surface area contributed by atoms with Crippen molar-refractivity contribution in [2.45, 2.75) is 24.3 Å². The van der Waals surface area contributed by atoms with Gasteiger partial charge in [-0.15, -0.1) is 10.2 Å². The number of halogens is 1. The Labute approximate surface area is 248 Å². The van der Waals surface area contributed by atoms with Crippen LogP contribution in [0.3, 0.4) is 0 Å². The van der Waals surface area contributed by atoms with Gasteiger partial charge in [-0.05, 0) is 72.6 Å². The minimum Gasteiger partial charge on any atom is -0.507 e. The number of nitrogens with zero attached hydrogens (tertiary/aromatic N) is 4. The van der Waals surface area contributed by atoms with Crippen LogP contribution in [0.15, 0.2) is 83.3 Å². The van der Waals surface area contributed by atoms with E-state index in [4.69, 9.17) is 11.6 Å². The summed E-state index contributed by atoms with van der Waals surface area (Å²) in [6.07, 6.45) is 0.594. The number of aryl methyl sites for hydroxylation is 1. The molecule has 0 spiro atoms. The Kier molecular flexibility index (Phi) is 7.77. The van der Waals surface area contributed by atoms with Crippen molar-refractivity contribution in [1.29, 1.82) is 0 Å². The fourth-order valence-electron chi connectivity index (χ4n) is 4.35. The standard InChI is InChI=1S/C27H20ClN5O7S2/c1-2-21-29-30-27(41-21)31-42(39,40)20-13-11-18(12-14-20)32-23(15-5-9-19(10-6-15)33(37)38)22(25(35)26(32)36)24(34)16-3-7-17(28)8-4-16/h3-14,23,34H,2H2,1H3,(H,30,31)/b24-22+. The number of aliphatic hydroxyl groups is 1. The normalized spacial score (nSPS) is 16.5. The summed E-state index contributed by atoms with van der Waals surface area (Å²) in [6, 6.07) is 15.2. The van der Waals surface area contributed by atoms with Gasteiger partial charge >= 0.3 is 0 Å². The Morgan fingerprint density at radius 1 is 1.05 bits per heavy atom. The molecule has 0 bridgehead atoms. The van der Waals surface area contributed by atoms with Gasteiger partial charge in [-0.2, -0.15) is 0 Å². The van der Waals surface area contributed by atoms with E-state index in [0.717, 1.165) is 16.2 Å². The molecule has 0 aliphatic carbocycles. The first-order valence-electron chi connectivity index (χ1n) is 12.3. The summed E-state index contributed by atoms with van der Waals surface area (Å²) < 4.78 is 28.2. The van der Waals surface area contributed by atoms with Crippen LogP contribution in [0.1, 0.15) is 29.1 Å². The van der Waals surface area contributed by atoms with Gasteiger partial charge in [-0.3, -0.25) is 29.3 Å². The first-order chi connectivity index (χ1) is 20.0. The fraction of sp³-hybridized carbons (Fsp3) is 0.111. The van der Waals surface area contributed by atoms with E-state index in [9.17, 15) is 33.2 Å². The molecule has 1 aromatic heterocycles. The maximum absolute atomic E-state index is 13.4. The second-order valence-electron chi connectivity index (χ2n) is 8.98. The lowest BCUT2D eigenvalue weighted by Crippen LogP contribution is -2.29. The molecule has 1 saturated heterocycles. The number of hydrogen-bond donors (Lipinski definition) is 2. The number of aliphatic hydroxyl groups excluding tert-OH is 1.